The maximum Gasteiger partial charge on any atom is 0.00952 e. The van der Waals surface area contributed by atoms with E-state index in [1.165, 1.54) is 354 Å². The molecule has 0 spiro atoms. The largest absolute Gasteiger partial charge is 0.303 e. The topological polar surface area (TPSA) is 13.0 Å². The van der Waals surface area contributed by atoms with Gasteiger partial charge in [-0.15, -0.1) is 0 Å². The average molecular weight is 854 g/mol. The third-order valence-electron chi connectivity index (χ3n) is 16.3. The highest BCUT2D eigenvalue weighted by Crippen LogP contribution is 2.25. The second kappa shape index (κ2) is 39.0. The molecular formula is C57H112N4. The van der Waals surface area contributed by atoms with E-state index in [2.05, 4.69) is 19.6 Å². The van der Waals surface area contributed by atoms with Crippen LogP contribution in [0.25, 0.3) is 0 Å². The van der Waals surface area contributed by atoms with E-state index in [1.54, 1.807) is 0 Å². The van der Waals surface area contributed by atoms with Gasteiger partial charge < -0.3 is 19.6 Å². The predicted octanol–water partition coefficient (Wildman–Crippen LogP) is 16.5. The van der Waals surface area contributed by atoms with E-state index in [4.69, 9.17) is 0 Å². The van der Waals surface area contributed by atoms with Gasteiger partial charge in [0, 0.05) is 12.1 Å². The fourth-order valence-electron chi connectivity index (χ4n) is 12.2. The van der Waals surface area contributed by atoms with E-state index in [0.29, 0.717) is 0 Å². The Balaban J connectivity index is 1.36. The Hall–Kier alpha value is -0.160. The summed E-state index contributed by atoms with van der Waals surface area (Å²) in [5.41, 5.74) is 0. The molecule has 0 radical (unpaired) electrons. The lowest BCUT2D eigenvalue weighted by atomic mass is 9.95. The first kappa shape index (κ1) is 53.5. The molecule has 4 fully saturated rings. The second-order valence-corrected chi connectivity index (χ2v) is 21.7. The lowest BCUT2D eigenvalue weighted by molar-refractivity contribution is 0.140. The van der Waals surface area contributed by atoms with Gasteiger partial charge in [-0.25, -0.2) is 0 Å². The van der Waals surface area contributed by atoms with E-state index < -0.39 is 0 Å². The van der Waals surface area contributed by atoms with E-state index >= 15 is 0 Å². The van der Waals surface area contributed by atoms with Gasteiger partial charge in [0.2, 0.25) is 0 Å². The maximum atomic E-state index is 3.08. The Kier molecular flexibility index (Phi) is 34.2. The molecule has 0 aromatic carbocycles. The molecule has 0 aromatic rings. The highest BCUT2D eigenvalue weighted by Gasteiger charge is 2.23. The Labute approximate surface area is 384 Å². The van der Waals surface area contributed by atoms with Crippen molar-refractivity contribution in [2.24, 2.45) is 0 Å². The Bertz CT molecular complexity index is 805. The van der Waals surface area contributed by atoms with Crippen LogP contribution in [0.1, 0.15) is 289 Å². The summed E-state index contributed by atoms with van der Waals surface area (Å²) >= 11 is 0. The van der Waals surface area contributed by atoms with Gasteiger partial charge in [0.25, 0.3) is 0 Å². The van der Waals surface area contributed by atoms with Crippen molar-refractivity contribution in [3.8, 4) is 0 Å². The summed E-state index contributed by atoms with van der Waals surface area (Å²) in [6.45, 7) is 13.7. The molecule has 2 atom stereocenters. The van der Waals surface area contributed by atoms with Crippen LogP contribution in [-0.4, -0.2) is 97.1 Å². The van der Waals surface area contributed by atoms with Crippen molar-refractivity contribution in [2.45, 2.75) is 301 Å². The van der Waals surface area contributed by atoms with Crippen LogP contribution in [0.5, 0.6) is 0 Å². The molecule has 0 bridgehead atoms. The fourth-order valence-corrected chi connectivity index (χ4v) is 12.2. The lowest BCUT2D eigenvalue weighted by Crippen LogP contribution is -2.39. The number of rotatable bonds is 16. The summed E-state index contributed by atoms with van der Waals surface area (Å²) in [6, 6.07) is 1.63. The molecule has 4 aliphatic heterocycles. The first-order chi connectivity index (χ1) is 30.4. The van der Waals surface area contributed by atoms with Gasteiger partial charge >= 0.3 is 0 Å². The van der Waals surface area contributed by atoms with Crippen molar-refractivity contribution in [3.63, 3.8) is 0 Å². The minimum Gasteiger partial charge on any atom is -0.303 e. The van der Waals surface area contributed by atoms with Crippen molar-refractivity contribution < 1.29 is 0 Å². The highest BCUT2D eigenvalue weighted by molar-refractivity contribution is 4.79. The van der Waals surface area contributed by atoms with Crippen molar-refractivity contribution in [3.05, 3.63) is 0 Å². The van der Waals surface area contributed by atoms with Crippen LogP contribution >= 0.6 is 0 Å². The molecule has 0 amide bonds. The zero-order valence-electron chi connectivity index (χ0n) is 41.8. The standard InChI is InChI=1S/C57H112N4/c1-5-13-21-31-46-58(47-32-22-14-6-1)50-39-29-42-56(60-52-35-25-17-9-3-10-18-26-36-53-60)44-41-45-57(61-54-37-27-19-11-4-12-20-28-38-55-61)43-30-40-51-59-48-33-23-15-7-2-8-16-24-34-49-59/h56-57H,1-55H2. The fraction of sp³-hybridized carbons (Fsp3) is 1.00. The second-order valence-electron chi connectivity index (χ2n) is 21.7. The first-order valence-corrected chi connectivity index (χ1v) is 29.3. The molecule has 360 valence electrons. The van der Waals surface area contributed by atoms with Crippen LogP contribution in [0.3, 0.4) is 0 Å². The highest BCUT2D eigenvalue weighted by atomic mass is 15.2. The predicted molar refractivity (Wildman–Crippen MR) is 271 cm³/mol. The smallest absolute Gasteiger partial charge is 0.00952 e. The van der Waals surface area contributed by atoms with Gasteiger partial charge in [-0.1, -0.05) is 199 Å². The van der Waals surface area contributed by atoms with Crippen LogP contribution in [0, 0.1) is 0 Å². The molecule has 4 aliphatic rings. The zero-order chi connectivity index (χ0) is 42.4. The first-order valence-electron chi connectivity index (χ1n) is 29.3. The average Bonchev–Trinajstić information content (AvgIpc) is 3.24. The third-order valence-corrected chi connectivity index (χ3v) is 16.3. The molecule has 0 N–H and O–H groups in total. The number of hydrogen-bond donors (Lipinski definition) is 0. The number of hydrogen-bond acceptors (Lipinski definition) is 4. The molecule has 2 unspecified atom stereocenters. The van der Waals surface area contributed by atoms with Crippen LogP contribution in [-0.2, 0) is 0 Å². The molecule has 4 rings (SSSR count). The van der Waals surface area contributed by atoms with Gasteiger partial charge in [0.05, 0.1) is 0 Å². The quantitative estimate of drug-likeness (QED) is 0.143. The number of nitrogens with zero attached hydrogens (tertiary/aromatic N) is 4. The van der Waals surface area contributed by atoms with E-state index in [9.17, 15) is 0 Å². The molecule has 0 saturated carbocycles. The molecule has 4 heterocycles. The molecule has 61 heavy (non-hydrogen) atoms. The van der Waals surface area contributed by atoms with Crippen molar-refractivity contribution in [1.29, 1.82) is 0 Å². The van der Waals surface area contributed by atoms with Crippen LogP contribution in [0.4, 0.5) is 0 Å². The minimum absolute atomic E-state index is 0.815. The van der Waals surface area contributed by atoms with Crippen LogP contribution < -0.4 is 0 Å². The Morgan fingerprint density at radius 1 is 0.197 bits per heavy atom. The van der Waals surface area contributed by atoms with Crippen LogP contribution in [0.15, 0.2) is 0 Å². The molecule has 4 heteroatoms. The van der Waals surface area contributed by atoms with Gasteiger partial charge in [0.15, 0.2) is 0 Å². The van der Waals surface area contributed by atoms with E-state index in [-0.39, 0.29) is 0 Å². The Morgan fingerprint density at radius 2 is 0.393 bits per heavy atom. The summed E-state index contributed by atoms with van der Waals surface area (Å²) in [6.07, 6.45) is 65.9. The molecule has 0 aliphatic carbocycles. The van der Waals surface area contributed by atoms with E-state index in [1.807, 2.05) is 0 Å². The van der Waals surface area contributed by atoms with Gasteiger partial charge in [0.1, 0.15) is 0 Å². The molecule has 0 aromatic heterocycles. The summed E-state index contributed by atoms with van der Waals surface area (Å²) in [5, 5.41) is 0. The third kappa shape index (κ3) is 28.5. The van der Waals surface area contributed by atoms with Crippen molar-refractivity contribution >= 4 is 0 Å². The summed E-state index contributed by atoms with van der Waals surface area (Å²) in [4.78, 5) is 12.0. The molecule has 4 nitrogen and oxygen atoms in total. The van der Waals surface area contributed by atoms with Crippen LogP contribution in [0.2, 0.25) is 0 Å². The summed E-state index contributed by atoms with van der Waals surface area (Å²) in [7, 11) is 0. The SMILES string of the molecule is C1CCCCCN(CCCCC(CCCC(CCCCN2CCCCCCCCCCC2)N2CCCCCCCCCCC2)N2CCCCCCCCCCC2)CCCCC1. The minimum atomic E-state index is 0.815. The van der Waals surface area contributed by atoms with E-state index in [0.717, 1.165) is 12.1 Å². The van der Waals surface area contributed by atoms with Crippen molar-refractivity contribution in [1.82, 2.24) is 19.6 Å². The summed E-state index contributed by atoms with van der Waals surface area (Å²) in [5.74, 6) is 0. The normalized spacial score (nSPS) is 24.8. The maximum absolute atomic E-state index is 3.08. The molecular weight excluding hydrogens is 741 g/mol. The van der Waals surface area contributed by atoms with Gasteiger partial charge in [-0.2, -0.15) is 0 Å². The monoisotopic (exact) mass is 853 g/mol. The number of unbranched alkanes of at least 4 members (excludes halogenated alkanes) is 2. The van der Waals surface area contributed by atoms with Gasteiger partial charge in [-0.05, 0) is 155 Å². The Morgan fingerprint density at radius 3 is 0.639 bits per heavy atom. The molecule has 4 saturated heterocycles. The van der Waals surface area contributed by atoms with Gasteiger partial charge in [-0.3, -0.25) is 0 Å². The summed E-state index contributed by atoms with van der Waals surface area (Å²) < 4.78 is 0. The zero-order valence-corrected chi connectivity index (χ0v) is 41.8. The lowest BCUT2D eigenvalue weighted by Gasteiger charge is -2.35. The van der Waals surface area contributed by atoms with Crippen molar-refractivity contribution in [2.75, 3.05) is 65.4 Å².